The predicted molar refractivity (Wildman–Crippen MR) is 66.8 cm³/mol. The van der Waals surface area contributed by atoms with Crippen LogP contribution in [0.15, 0.2) is 24.3 Å². The number of hydrogen-bond acceptors (Lipinski definition) is 2. The van der Waals surface area contributed by atoms with E-state index in [1.165, 1.54) is 17.7 Å². The van der Waals surface area contributed by atoms with Gasteiger partial charge in [-0.05, 0) is 35.8 Å². The van der Waals surface area contributed by atoms with Crippen molar-refractivity contribution in [3.05, 3.63) is 35.4 Å². The minimum atomic E-state index is 0.742. The maximum atomic E-state index is 8.65. The molecule has 0 bridgehead atoms. The number of nitrogens with zero attached hydrogens (tertiary/aromatic N) is 1. The van der Waals surface area contributed by atoms with Gasteiger partial charge in [-0.1, -0.05) is 26.0 Å². The zero-order valence-electron chi connectivity index (χ0n) is 9.36. The van der Waals surface area contributed by atoms with Crippen LogP contribution in [0.1, 0.15) is 31.4 Å². The summed E-state index contributed by atoms with van der Waals surface area (Å²) in [6.07, 6.45) is 1.28. The van der Waals surface area contributed by atoms with Crippen LogP contribution in [0, 0.1) is 17.2 Å². The van der Waals surface area contributed by atoms with Crippen molar-refractivity contribution in [2.24, 2.45) is 5.92 Å². The lowest BCUT2D eigenvalue weighted by atomic mass is 10.2. The molecule has 0 aliphatic heterocycles. The van der Waals surface area contributed by atoms with Gasteiger partial charge in [-0.2, -0.15) is 17.0 Å². The summed E-state index contributed by atoms with van der Waals surface area (Å²) in [5.41, 5.74) is 2.05. The zero-order chi connectivity index (χ0) is 11.1. The minimum absolute atomic E-state index is 0.742. The third-order valence-electron chi connectivity index (χ3n) is 2.19. The number of benzene rings is 1. The molecule has 0 amide bonds. The highest BCUT2D eigenvalue weighted by atomic mass is 32.2. The van der Waals surface area contributed by atoms with Crippen LogP contribution >= 0.6 is 11.8 Å². The van der Waals surface area contributed by atoms with Crippen molar-refractivity contribution in [1.82, 2.24) is 0 Å². The summed E-state index contributed by atoms with van der Waals surface area (Å²) in [6.45, 7) is 4.50. The third-order valence-corrected chi connectivity index (χ3v) is 3.25. The average molecular weight is 219 g/mol. The molecule has 1 aromatic rings. The van der Waals surface area contributed by atoms with E-state index in [9.17, 15) is 0 Å². The van der Waals surface area contributed by atoms with E-state index in [0.29, 0.717) is 0 Å². The Bertz CT molecular complexity index is 321. The van der Waals surface area contributed by atoms with E-state index in [4.69, 9.17) is 5.26 Å². The number of hydrogen-bond donors (Lipinski definition) is 0. The average Bonchev–Trinajstić information content (AvgIpc) is 2.25. The van der Waals surface area contributed by atoms with Gasteiger partial charge in [0.25, 0.3) is 0 Å². The van der Waals surface area contributed by atoms with Gasteiger partial charge in [0.1, 0.15) is 0 Å². The Balaban J connectivity index is 2.29. The Morgan fingerprint density at radius 1 is 1.27 bits per heavy atom. The molecule has 0 saturated heterocycles. The van der Waals surface area contributed by atoms with Crippen molar-refractivity contribution in [3.63, 3.8) is 0 Å². The van der Waals surface area contributed by atoms with Crippen molar-refractivity contribution in [2.45, 2.75) is 26.0 Å². The summed E-state index contributed by atoms with van der Waals surface area (Å²) in [6, 6.07) is 9.99. The highest BCUT2D eigenvalue weighted by molar-refractivity contribution is 7.98. The molecule has 15 heavy (non-hydrogen) atoms. The molecule has 0 radical (unpaired) electrons. The third kappa shape index (κ3) is 4.90. The van der Waals surface area contributed by atoms with Crippen LogP contribution in [-0.4, -0.2) is 5.75 Å². The Labute approximate surface area is 96.5 Å². The lowest BCUT2D eigenvalue weighted by molar-refractivity contribution is 0.632. The number of nitriles is 1. The topological polar surface area (TPSA) is 23.8 Å². The largest absolute Gasteiger partial charge is 0.192 e. The fourth-order valence-corrected chi connectivity index (χ4v) is 2.40. The first-order valence-corrected chi connectivity index (χ1v) is 6.44. The maximum Gasteiger partial charge on any atom is 0.0991 e. The summed E-state index contributed by atoms with van der Waals surface area (Å²) in [7, 11) is 0. The molecule has 0 saturated carbocycles. The maximum absolute atomic E-state index is 8.65. The molecule has 2 heteroatoms. The summed E-state index contributed by atoms with van der Waals surface area (Å²) in [5.74, 6) is 3.06. The fraction of sp³-hybridized carbons (Fsp3) is 0.462. The molecular formula is C13H17NS. The lowest BCUT2D eigenvalue weighted by Gasteiger charge is -2.04. The van der Waals surface area contributed by atoms with Gasteiger partial charge in [-0.25, -0.2) is 0 Å². The Morgan fingerprint density at radius 3 is 2.47 bits per heavy atom. The van der Waals surface area contributed by atoms with Crippen LogP contribution in [0.2, 0.25) is 0 Å². The highest BCUT2D eigenvalue weighted by Gasteiger charge is 1.96. The van der Waals surface area contributed by atoms with E-state index < -0.39 is 0 Å². The van der Waals surface area contributed by atoms with Crippen molar-refractivity contribution in [1.29, 1.82) is 5.26 Å². The van der Waals surface area contributed by atoms with Gasteiger partial charge in [-0.15, -0.1) is 0 Å². The predicted octanol–water partition coefficient (Wildman–Crippen LogP) is 3.84. The number of rotatable bonds is 5. The Morgan fingerprint density at radius 2 is 1.93 bits per heavy atom. The lowest BCUT2D eigenvalue weighted by Crippen LogP contribution is -1.90. The second-order valence-corrected chi connectivity index (χ2v) is 5.15. The van der Waals surface area contributed by atoms with E-state index in [2.05, 4.69) is 19.9 Å². The zero-order valence-corrected chi connectivity index (χ0v) is 10.2. The summed E-state index contributed by atoms with van der Waals surface area (Å²) in [5, 5.41) is 8.65. The van der Waals surface area contributed by atoms with E-state index in [-0.39, 0.29) is 0 Å². The normalized spacial score (nSPS) is 10.3. The first kappa shape index (κ1) is 12.1. The second-order valence-electron chi connectivity index (χ2n) is 4.04. The van der Waals surface area contributed by atoms with Crippen LogP contribution in [0.4, 0.5) is 0 Å². The SMILES string of the molecule is CC(C)CCSCc1ccc(C#N)cc1. The Hall–Kier alpha value is -0.940. The van der Waals surface area contributed by atoms with Crippen molar-refractivity contribution >= 4 is 11.8 Å². The van der Waals surface area contributed by atoms with Crippen LogP contribution in [-0.2, 0) is 5.75 Å². The molecule has 0 atom stereocenters. The summed E-state index contributed by atoms with van der Waals surface area (Å²) in [4.78, 5) is 0. The van der Waals surface area contributed by atoms with E-state index in [1.807, 2.05) is 36.0 Å². The molecule has 0 spiro atoms. The molecule has 1 nitrogen and oxygen atoms in total. The molecule has 1 rings (SSSR count). The molecule has 0 N–H and O–H groups in total. The van der Waals surface area contributed by atoms with Crippen molar-refractivity contribution < 1.29 is 0 Å². The molecule has 0 fully saturated rings. The van der Waals surface area contributed by atoms with Crippen LogP contribution < -0.4 is 0 Å². The van der Waals surface area contributed by atoms with E-state index in [1.54, 1.807) is 0 Å². The van der Waals surface area contributed by atoms with Gasteiger partial charge < -0.3 is 0 Å². The highest BCUT2D eigenvalue weighted by Crippen LogP contribution is 2.15. The first-order chi connectivity index (χ1) is 7.22. The molecule has 0 aliphatic rings. The van der Waals surface area contributed by atoms with Crippen LogP contribution in [0.5, 0.6) is 0 Å². The smallest absolute Gasteiger partial charge is 0.0991 e. The van der Waals surface area contributed by atoms with Gasteiger partial charge in [0.05, 0.1) is 11.6 Å². The second kappa shape index (κ2) is 6.53. The Kier molecular flexibility index (Phi) is 5.28. The minimum Gasteiger partial charge on any atom is -0.192 e. The molecule has 0 unspecified atom stereocenters. The fourth-order valence-electron chi connectivity index (χ4n) is 1.18. The van der Waals surface area contributed by atoms with Crippen LogP contribution in [0.3, 0.4) is 0 Å². The first-order valence-electron chi connectivity index (χ1n) is 5.29. The number of thioether (sulfide) groups is 1. The van der Waals surface area contributed by atoms with Gasteiger partial charge in [0, 0.05) is 5.75 Å². The summed E-state index contributed by atoms with van der Waals surface area (Å²) < 4.78 is 0. The quantitative estimate of drug-likeness (QED) is 0.703. The van der Waals surface area contributed by atoms with E-state index in [0.717, 1.165) is 17.2 Å². The van der Waals surface area contributed by atoms with Crippen molar-refractivity contribution in [3.8, 4) is 6.07 Å². The van der Waals surface area contributed by atoms with Gasteiger partial charge in [0.2, 0.25) is 0 Å². The van der Waals surface area contributed by atoms with Gasteiger partial charge in [-0.3, -0.25) is 0 Å². The van der Waals surface area contributed by atoms with Crippen LogP contribution in [0.25, 0.3) is 0 Å². The summed E-state index contributed by atoms with van der Waals surface area (Å²) >= 11 is 1.97. The molecule has 0 aromatic heterocycles. The van der Waals surface area contributed by atoms with Gasteiger partial charge >= 0.3 is 0 Å². The van der Waals surface area contributed by atoms with Crippen molar-refractivity contribution in [2.75, 3.05) is 5.75 Å². The molecule has 80 valence electrons. The molecule has 0 heterocycles. The van der Waals surface area contributed by atoms with E-state index >= 15 is 0 Å². The van der Waals surface area contributed by atoms with Gasteiger partial charge in [0.15, 0.2) is 0 Å². The molecule has 0 aliphatic carbocycles. The molecule has 1 aromatic carbocycles. The standard InChI is InChI=1S/C13H17NS/c1-11(2)7-8-15-10-13-5-3-12(9-14)4-6-13/h3-6,11H,7-8,10H2,1-2H3. The monoisotopic (exact) mass is 219 g/mol. The molecular weight excluding hydrogens is 202 g/mol.